The van der Waals surface area contributed by atoms with E-state index in [1.807, 2.05) is 19.1 Å². The maximum absolute atomic E-state index is 10.6. The molecule has 1 aromatic carbocycles. The summed E-state index contributed by atoms with van der Waals surface area (Å²) in [6.07, 6.45) is 2.06. The molecule has 1 aliphatic heterocycles. The van der Waals surface area contributed by atoms with E-state index in [1.165, 1.54) is 0 Å². The van der Waals surface area contributed by atoms with Crippen LogP contribution in [-0.4, -0.2) is 24.8 Å². The lowest BCUT2D eigenvalue weighted by Gasteiger charge is -2.31. The fourth-order valence-electron chi connectivity index (χ4n) is 2.39. The summed E-state index contributed by atoms with van der Waals surface area (Å²) in [4.78, 5) is 0. The minimum Gasteiger partial charge on any atom is -0.497 e. The topological polar surface area (TPSA) is 41.5 Å². The highest BCUT2D eigenvalue weighted by molar-refractivity contribution is 6.31. The van der Waals surface area contributed by atoms with Crippen LogP contribution in [0.5, 0.6) is 5.75 Å². The molecular weight excluding hydrogens is 238 g/mol. The molecule has 1 aromatic rings. The molecule has 0 aliphatic carbocycles. The second kappa shape index (κ2) is 4.84. The third kappa shape index (κ3) is 2.41. The number of nitrogens with one attached hydrogen (secondary N) is 1. The average Bonchev–Trinajstić information content (AvgIpc) is 2.82. The van der Waals surface area contributed by atoms with Crippen molar-refractivity contribution in [3.05, 3.63) is 28.8 Å². The van der Waals surface area contributed by atoms with Gasteiger partial charge in [0.15, 0.2) is 0 Å². The van der Waals surface area contributed by atoms with Crippen molar-refractivity contribution >= 4 is 11.6 Å². The molecule has 4 heteroatoms. The van der Waals surface area contributed by atoms with E-state index < -0.39 is 5.60 Å². The summed E-state index contributed by atoms with van der Waals surface area (Å²) in [7, 11) is 1.60. The van der Waals surface area contributed by atoms with Gasteiger partial charge in [-0.2, -0.15) is 0 Å². The van der Waals surface area contributed by atoms with Crippen molar-refractivity contribution in [2.24, 2.45) is 0 Å². The lowest BCUT2D eigenvalue weighted by Crippen LogP contribution is -2.43. The number of rotatable bonds is 3. The molecule has 0 bridgehead atoms. The zero-order valence-corrected chi connectivity index (χ0v) is 10.9. The summed E-state index contributed by atoms with van der Waals surface area (Å²) in [5, 5.41) is 14.5. The van der Waals surface area contributed by atoms with Crippen molar-refractivity contribution in [3.8, 4) is 5.75 Å². The van der Waals surface area contributed by atoms with Crippen LogP contribution >= 0.6 is 11.6 Å². The smallest absolute Gasteiger partial charge is 0.120 e. The van der Waals surface area contributed by atoms with Gasteiger partial charge in [-0.3, -0.25) is 0 Å². The van der Waals surface area contributed by atoms with E-state index in [4.69, 9.17) is 16.3 Å². The van der Waals surface area contributed by atoms with Crippen molar-refractivity contribution in [1.29, 1.82) is 0 Å². The van der Waals surface area contributed by atoms with Crippen LogP contribution in [0.15, 0.2) is 18.2 Å². The molecule has 2 unspecified atom stereocenters. The van der Waals surface area contributed by atoms with Gasteiger partial charge in [0.05, 0.1) is 12.1 Å². The van der Waals surface area contributed by atoms with Gasteiger partial charge in [0.25, 0.3) is 0 Å². The first-order chi connectivity index (χ1) is 8.05. The van der Waals surface area contributed by atoms with Crippen LogP contribution in [0.4, 0.5) is 0 Å². The molecule has 1 aliphatic rings. The van der Waals surface area contributed by atoms with Crippen molar-refractivity contribution in [1.82, 2.24) is 5.32 Å². The van der Waals surface area contributed by atoms with Gasteiger partial charge in [-0.25, -0.2) is 0 Å². The van der Waals surface area contributed by atoms with E-state index in [0.29, 0.717) is 10.8 Å². The summed E-state index contributed by atoms with van der Waals surface area (Å²) < 4.78 is 5.11. The Kier molecular flexibility index (Phi) is 3.61. The predicted octanol–water partition coefficient (Wildman–Crippen LogP) is 2.31. The van der Waals surface area contributed by atoms with E-state index in [2.05, 4.69) is 5.32 Å². The first-order valence-corrected chi connectivity index (χ1v) is 6.23. The standard InChI is InChI=1S/C13H18ClNO2/c1-13(16,12-4-3-7-15-12)10-6-5-9(17-2)8-11(10)14/h5-6,8,12,15-16H,3-4,7H2,1-2H3. The number of methoxy groups -OCH3 is 1. The Morgan fingerprint density at radius 3 is 2.82 bits per heavy atom. The van der Waals surface area contributed by atoms with Crippen molar-refractivity contribution in [2.45, 2.75) is 31.4 Å². The molecule has 1 saturated heterocycles. The number of hydrogen-bond donors (Lipinski definition) is 2. The van der Waals surface area contributed by atoms with Crippen molar-refractivity contribution in [2.75, 3.05) is 13.7 Å². The van der Waals surface area contributed by atoms with Gasteiger partial charge in [0, 0.05) is 11.6 Å². The molecule has 0 saturated carbocycles. The second-order valence-electron chi connectivity index (χ2n) is 4.64. The van der Waals surface area contributed by atoms with E-state index in [-0.39, 0.29) is 6.04 Å². The zero-order valence-electron chi connectivity index (χ0n) is 10.2. The van der Waals surface area contributed by atoms with E-state index in [0.717, 1.165) is 24.9 Å². The molecule has 0 aromatic heterocycles. The predicted molar refractivity (Wildman–Crippen MR) is 68.6 cm³/mol. The highest BCUT2D eigenvalue weighted by Gasteiger charge is 2.36. The first-order valence-electron chi connectivity index (χ1n) is 5.85. The largest absolute Gasteiger partial charge is 0.497 e. The number of ether oxygens (including phenoxy) is 1. The normalized spacial score (nSPS) is 23.4. The maximum atomic E-state index is 10.6. The summed E-state index contributed by atoms with van der Waals surface area (Å²) >= 11 is 6.20. The molecule has 1 heterocycles. The summed E-state index contributed by atoms with van der Waals surface area (Å²) in [6, 6.07) is 5.46. The SMILES string of the molecule is COc1ccc(C(C)(O)C2CCCN2)c(Cl)c1. The van der Waals surface area contributed by atoms with Gasteiger partial charge in [-0.15, -0.1) is 0 Å². The number of benzene rings is 1. The van der Waals surface area contributed by atoms with Crippen LogP contribution in [0.25, 0.3) is 0 Å². The van der Waals surface area contributed by atoms with Crippen LogP contribution < -0.4 is 10.1 Å². The van der Waals surface area contributed by atoms with Gasteiger partial charge in [-0.1, -0.05) is 17.7 Å². The summed E-state index contributed by atoms with van der Waals surface area (Å²) in [5.41, 5.74) is -0.195. The van der Waals surface area contributed by atoms with Gasteiger partial charge in [-0.05, 0) is 38.4 Å². The Bertz CT molecular complexity index is 400. The first kappa shape index (κ1) is 12.7. The second-order valence-corrected chi connectivity index (χ2v) is 5.05. The molecule has 94 valence electrons. The Morgan fingerprint density at radius 1 is 1.53 bits per heavy atom. The van der Waals surface area contributed by atoms with Crippen LogP contribution in [0, 0.1) is 0 Å². The molecule has 2 atom stereocenters. The third-order valence-corrected chi connectivity index (χ3v) is 3.77. The Hall–Kier alpha value is -0.770. The maximum Gasteiger partial charge on any atom is 0.120 e. The molecule has 3 nitrogen and oxygen atoms in total. The van der Waals surface area contributed by atoms with Gasteiger partial charge < -0.3 is 15.2 Å². The van der Waals surface area contributed by atoms with Gasteiger partial charge >= 0.3 is 0 Å². The fourth-order valence-corrected chi connectivity index (χ4v) is 2.75. The van der Waals surface area contributed by atoms with Crippen LogP contribution in [-0.2, 0) is 5.60 Å². The molecule has 1 fully saturated rings. The Labute approximate surface area is 107 Å². The Morgan fingerprint density at radius 2 is 2.29 bits per heavy atom. The molecule has 0 radical (unpaired) electrons. The van der Waals surface area contributed by atoms with Crippen molar-refractivity contribution < 1.29 is 9.84 Å². The molecule has 17 heavy (non-hydrogen) atoms. The molecule has 2 N–H and O–H groups in total. The van der Waals surface area contributed by atoms with E-state index in [1.54, 1.807) is 13.2 Å². The summed E-state index contributed by atoms with van der Waals surface area (Å²) in [6.45, 7) is 2.76. The zero-order chi connectivity index (χ0) is 12.5. The lowest BCUT2D eigenvalue weighted by molar-refractivity contribution is 0.0219. The fraction of sp³-hybridized carbons (Fsp3) is 0.538. The highest BCUT2D eigenvalue weighted by Crippen LogP contribution is 2.35. The average molecular weight is 256 g/mol. The molecule has 0 spiro atoms. The van der Waals surface area contributed by atoms with E-state index in [9.17, 15) is 5.11 Å². The van der Waals surface area contributed by atoms with Crippen molar-refractivity contribution in [3.63, 3.8) is 0 Å². The quantitative estimate of drug-likeness (QED) is 0.871. The highest BCUT2D eigenvalue weighted by atomic mass is 35.5. The van der Waals surface area contributed by atoms with Gasteiger partial charge in [0.1, 0.15) is 11.4 Å². The number of halogens is 1. The number of hydrogen-bond acceptors (Lipinski definition) is 3. The van der Waals surface area contributed by atoms with E-state index >= 15 is 0 Å². The minimum atomic E-state index is -0.945. The molecule has 2 rings (SSSR count). The summed E-state index contributed by atoms with van der Waals surface area (Å²) in [5.74, 6) is 0.703. The minimum absolute atomic E-state index is 0.0633. The van der Waals surface area contributed by atoms with Crippen LogP contribution in [0.2, 0.25) is 5.02 Å². The molecular formula is C13H18ClNO2. The number of aliphatic hydroxyl groups is 1. The van der Waals surface area contributed by atoms with Crippen LogP contribution in [0.3, 0.4) is 0 Å². The van der Waals surface area contributed by atoms with Crippen LogP contribution in [0.1, 0.15) is 25.3 Å². The lowest BCUT2D eigenvalue weighted by atomic mass is 9.87. The van der Waals surface area contributed by atoms with Gasteiger partial charge in [0.2, 0.25) is 0 Å². The molecule has 0 amide bonds. The Balaban J connectivity index is 2.31. The monoisotopic (exact) mass is 255 g/mol. The third-order valence-electron chi connectivity index (χ3n) is 3.46.